The number of carbonyl (C=O) groups is 1. The summed E-state index contributed by atoms with van der Waals surface area (Å²) in [6.45, 7) is 6.39. The van der Waals surface area contributed by atoms with E-state index >= 15 is 0 Å². The number of nitrogens with one attached hydrogen (secondary N) is 2. The Bertz CT molecular complexity index is 1460. The van der Waals surface area contributed by atoms with E-state index in [0.29, 0.717) is 61.6 Å². The van der Waals surface area contributed by atoms with Crippen molar-refractivity contribution in [2.75, 3.05) is 57.7 Å². The second-order valence-electron chi connectivity index (χ2n) is 10.7. The Morgan fingerprint density at radius 3 is 2.60 bits per heavy atom. The Kier molecular flexibility index (Phi) is 9.55. The summed E-state index contributed by atoms with van der Waals surface area (Å²) in [4.78, 5) is 25.2. The van der Waals surface area contributed by atoms with Gasteiger partial charge in [-0.1, -0.05) is 24.3 Å². The molecule has 0 radical (unpaired) electrons. The molecule has 1 atom stereocenters. The van der Waals surface area contributed by atoms with Gasteiger partial charge in [0.15, 0.2) is 11.6 Å². The van der Waals surface area contributed by atoms with Crippen LogP contribution in [-0.2, 0) is 14.8 Å². The lowest BCUT2D eigenvalue weighted by Gasteiger charge is -2.33. The molecule has 1 amide bonds. The molecule has 2 aliphatic heterocycles. The molecule has 3 aromatic rings. The second-order valence-corrected chi connectivity index (χ2v) is 12.4. The summed E-state index contributed by atoms with van der Waals surface area (Å²) in [5, 5.41) is 3.36. The number of carbonyl (C=O) groups excluding carboxylic acids is 1. The quantitative estimate of drug-likeness (QED) is 0.381. The number of amides is 1. The van der Waals surface area contributed by atoms with Gasteiger partial charge < -0.3 is 24.6 Å². The van der Waals surface area contributed by atoms with Crippen molar-refractivity contribution >= 4 is 21.8 Å². The molecule has 5 rings (SSSR count). The van der Waals surface area contributed by atoms with Crippen LogP contribution in [0.1, 0.15) is 31.4 Å². The zero-order chi connectivity index (χ0) is 29.5. The Balaban J connectivity index is 1.23. The minimum Gasteiger partial charge on any atom is -0.490 e. The number of aromatic nitrogens is 2. The second kappa shape index (κ2) is 13.5. The number of benzene rings is 2. The molecule has 2 saturated heterocycles. The topological polar surface area (TPSA) is 126 Å². The molecule has 2 N–H and O–H groups in total. The van der Waals surface area contributed by atoms with Gasteiger partial charge in [0.25, 0.3) is 10.0 Å². The van der Waals surface area contributed by atoms with E-state index in [4.69, 9.17) is 9.47 Å². The minimum atomic E-state index is -3.89. The number of piperidine rings is 1. The van der Waals surface area contributed by atoms with E-state index in [0.717, 1.165) is 31.5 Å². The number of sulfonamides is 1. The van der Waals surface area contributed by atoms with Crippen molar-refractivity contribution in [3.63, 3.8) is 0 Å². The predicted molar refractivity (Wildman–Crippen MR) is 160 cm³/mol. The summed E-state index contributed by atoms with van der Waals surface area (Å²) in [7, 11) is -1.75. The van der Waals surface area contributed by atoms with E-state index in [1.807, 2.05) is 12.1 Å². The summed E-state index contributed by atoms with van der Waals surface area (Å²) < 4.78 is 40.4. The van der Waals surface area contributed by atoms with Crippen LogP contribution in [0.3, 0.4) is 0 Å². The maximum absolute atomic E-state index is 13.3. The molecular weight excluding hydrogens is 556 g/mol. The van der Waals surface area contributed by atoms with Crippen LogP contribution in [0, 0.1) is 5.92 Å². The fourth-order valence-corrected chi connectivity index (χ4v) is 6.27. The fourth-order valence-electron chi connectivity index (χ4n) is 5.17. The Morgan fingerprint density at radius 2 is 1.83 bits per heavy atom. The molecule has 224 valence electrons. The number of nitrogens with zero attached hydrogens (tertiary/aromatic N) is 4. The molecule has 3 heterocycles. The van der Waals surface area contributed by atoms with Crippen molar-refractivity contribution in [2.45, 2.75) is 30.7 Å². The molecule has 0 spiro atoms. The summed E-state index contributed by atoms with van der Waals surface area (Å²) >= 11 is 0. The number of rotatable bonds is 9. The smallest absolute Gasteiger partial charge is 0.409 e. The zero-order valence-electron chi connectivity index (χ0n) is 24.0. The highest BCUT2D eigenvalue weighted by Crippen LogP contribution is 2.26. The van der Waals surface area contributed by atoms with E-state index < -0.39 is 10.0 Å². The number of likely N-dealkylation sites (tertiary alicyclic amines) is 1. The van der Waals surface area contributed by atoms with Crippen LogP contribution in [0.4, 0.5) is 10.5 Å². The highest BCUT2D eigenvalue weighted by molar-refractivity contribution is 7.92. The SMILES string of the molecule is CCOC(=O)N1CCNC(c2cccc(S(=O)(=O)Nc3cccc(-c4ncc(OCC5CCN(C)CC5)cn4)c3)c2)C1. The van der Waals surface area contributed by atoms with Gasteiger partial charge in [0.05, 0.1) is 36.5 Å². The summed E-state index contributed by atoms with van der Waals surface area (Å²) in [6.07, 6.45) is 5.18. The first-order chi connectivity index (χ1) is 20.3. The third-order valence-electron chi connectivity index (χ3n) is 7.60. The molecule has 0 saturated carbocycles. The van der Waals surface area contributed by atoms with E-state index in [-0.39, 0.29) is 17.0 Å². The van der Waals surface area contributed by atoms with Gasteiger partial charge in [0, 0.05) is 30.9 Å². The van der Waals surface area contributed by atoms with Gasteiger partial charge in [-0.2, -0.15) is 0 Å². The van der Waals surface area contributed by atoms with Crippen molar-refractivity contribution in [2.24, 2.45) is 5.92 Å². The van der Waals surface area contributed by atoms with Crippen LogP contribution in [0.15, 0.2) is 65.8 Å². The maximum Gasteiger partial charge on any atom is 0.409 e. The lowest BCUT2D eigenvalue weighted by molar-refractivity contribution is 0.0948. The van der Waals surface area contributed by atoms with Gasteiger partial charge in [0.1, 0.15) is 0 Å². The van der Waals surface area contributed by atoms with Crippen molar-refractivity contribution in [3.8, 4) is 17.1 Å². The van der Waals surface area contributed by atoms with Crippen LogP contribution in [0.25, 0.3) is 11.4 Å². The molecular formula is C30H38N6O5S. The minimum absolute atomic E-state index is 0.128. The van der Waals surface area contributed by atoms with Crippen LogP contribution in [-0.4, -0.2) is 87.3 Å². The van der Waals surface area contributed by atoms with Crippen LogP contribution < -0.4 is 14.8 Å². The van der Waals surface area contributed by atoms with E-state index in [1.165, 1.54) is 0 Å². The predicted octanol–water partition coefficient (Wildman–Crippen LogP) is 3.77. The van der Waals surface area contributed by atoms with Gasteiger partial charge in [-0.05, 0) is 75.6 Å². The Hall–Kier alpha value is -3.74. The van der Waals surface area contributed by atoms with E-state index in [2.05, 4.69) is 32.0 Å². The molecule has 11 nitrogen and oxygen atoms in total. The number of ether oxygens (including phenoxy) is 2. The van der Waals surface area contributed by atoms with Gasteiger partial charge in [-0.3, -0.25) is 4.72 Å². The van der Waals surface area contributed by atoms with E-state index in [9.17, 15) is 13.2 Å². The summed E-state index contributed by atoms with van der Waals surface area (Å²) in [5.74, 6) is 1.62. The first-order valence-electron chi connectivity index (χ1n) is 14.3. The first kappa shape index (κ1) is 29.7. The van der Waals surface area contributed by atoms with Crippen molar-refractivity contribution < 1.29 is 22.7 Å². The van der Waals surface area contributed by atoms with Crippen LogP contribution in [0.5, 0.6) is 5.75 Å². The number of piperazine rings is 1. The first-order valence-corrected chi connectivity index (χ1v) is 15.8. The zero-order valence-corrected chi connectivity index (χ0v) is 24.8. The van der Waals surface area contributed by atoms with Crippen molar-refractivity contribution in [3.05, 3.63) is 66.5 Å². The molecule has 2 fully saturated rings. The van der Waals surface area contributed by atoms with Crippen molar-refractivity contribution in [1.29, 1.82) is 0 Å². The molecule has 0 aliphatic carbocycles. The lowest BCUT2D eigenvalue weighted by atomic mass is 9.98. The average molecular weight is 595 g/mol. The molecule has 2 aliphatic rings. The average Bonchev–Trinajstić information content (AvgIpc) is 3.01. The largest absolute Gasteiger partial charge is 0.490 e. The third-order valence-corrected chi connectivity index (χ3v) is 8.98. The number of anilines is 1. The fraction of sp³-hybridized carbons (Fsp3) is 0.433. The number of hydrogen-bond acceptors (Lipinski definition) is 9. The summed E-state index contributed by atoms with van der Waals surface area (Å²) in [6, 6.07) is 13.5. The number of hydrogen-bond donors (Lipinski definition) is 2. The van der Waals surface area contributed by atoms with Crippen LogP contribution >= 0.6 is 0 Å². The van der Waals surface area contributed by atoms with Crippen molar-refractivity contribution in [1.82, 2.24) is 25.1 Å². The van der Waals surface area contributed by atoms with Gasteiger partial charge >= 0.3 is 6.09 Å². The maximum atomic E-state index is 13.3. The third kappa shape index (κ3) is 7.55. The summed E-state index contributed by atoms with van der Waals surface area (Å²) in [5.41, 5.74) is 1.84. The standard InChI is InChI=1S/C30H38N6O5S/c1-3-40-30(37)36-15-12-31-28(20-36)23-6-5-9-27(17-23)42(38,39)34-25-8-4-7-24(16-25)29-32-18-26(19-33-29)41-21-22-10-13-35(2)14-11-22/h4-9,16-19,22,28,31,34H,3,10-15,20-21H2,1-2H3. The molecule has 1 unspecified atom stereocenters. The highest BCUT2D eigenvalue weighted by Gasteiger charge is 2.26. The van der Waals surface area contributed by atoms with Gasteiger partial charge in [-0.25, -0.2) is 23.2 Å². The monoisotopic (exact) mass is 594 g/mol. The highest BCUT2D eigenvalue weighted by atomic mass is 32.2. The molecule has 0 bridgehead atoms. The van der Waals surface area contributed by atoms with Gasteiger partial charge in [0.2, 0.25) is 0 Å². The molecule has 2 aromatic carbocycles. The lowest BCUT2D eigenvalue weighted by Crippen LogP contribution is -2.48. The van der Waals surface area contributed by atoms with E-state index in [1.54, 1.807) is 60.6 Å². The molecule has 42 heavy (non-hydrogen) atoms. The van der Waals surface area contributed by atoms with Gasteiger partial charge in [-0.15, -0.1) is 0 Å². The molecule has 1 aromatic heterocycles. The van der Waals surface area contributed by atoms with Crippen LogP contribution in [0.2, 0.25) is 0 Å². The normalized spacial score (nSPS) is 18.4. The Labute approximate surface area is 247 Å². The Morgan fingerprint density at radius 1 is 1.07 bits per heavy atom. The molecule has 12 heteroatoms.